The number of rotatable bonds is 4. The van der Waals surface area contributed by atoms with E-state index < -0.39 is 10.0 Å². The quantitative estimate of drug-likeness (QED) is 0.761. The van der Waals surface area contributed by atoms with Gasteiger partial charge >= 0.3 is 0 Å². The number of aryl methyl sites for hydroxylation is 1. The fourth-order valence-corrected chi connectivity index (χ4v) is 5.23. The van der Waals surface area contributed by atoms with Gasteiger partial charge in [0.05, 0.1) is 16.6 Å². The largest absolute Gasteiger partial charge is 0.264 e. The highest BCUT2D eigenvalue weighted by Gasteiger charge is 2.34. The minimum Gasteiger partial charge on any atom is -0.258 e. The Balaban J connectivity index is 2.11. The monoisotopic (exact) mass is 391 g/mol. The molecule has 1 aliphatic carbocycles. The number of hydrogen-bond acceptors (Lipinski definition) is 2. The molecule has 0 heterocycles. The minimum atomic E-state index is -3.62. The number of hydrogen-bond donors (Lipinski definition) is 0. The lowest BCUT2D eigenvalue weighted by Crippen LogP contribution is -2.39. The molecule has 1 atom stereocenters. The van der Waals surface area contributed by atoms with Gasteiger partial charge in [-0.25, -0.2) is 8.42 Å². The first kappa shape index (κ1) is 16.3. The first-order valence-electron chi connectivity index (χ1n) is 7.52. The number of benzene rings is 2. The van der Waals surface area contributed by atoms with Gasteiger partial charge in [-0.05, 0) is 44.0 Å². The fraction of sp³-hybridized carbons (Fsp3) is 0.222. The van der Waals surface area contributed by atoms with Crippen LogP contribution in [0.3, 0.4) is 0 Å². The number of sulfonamides is 1. The van der Waals surface area contributed by atoms with Crippen molar-refractivity contribution >= 4 is 31.6 Å². The van der Waals surface area contributed by atoms with Gasteiger partial charge < -0.3 is 0 Å². The first-order chi connectivity index (χ1) is 11.0. The van der Waals surface area contributed by atoms with Crippen LogP contribution >= 0.6 is 15.9 Å². The van der Waals surface area contributed by atoms with Gasteiger partial charge in [-0.1, -0.05) is 57.9 Å². The van der Waals surface area contributed by atoms with E-state index in [0.717, 1.165) is 22.9 Å². The van der Waals surface area contributed by atoms with Gasteiger partial charge in [-0.15, -0.1) is 0 Å². The van der Waals surface area contributed by atoms with Gasteiger partial charge in [-0.3, -0.25) is 4.31 Å². The molecular weight excluding hydrogens is 374 g/mol. The molecule has 0 aliphatic heterocycles. The number of nitrogens with zero attached hydrogens (tertiary/aromatic N) is 1. The second-order valence-electron chi connectivity index (χ2n) is 5.63. The van der Waals surface area contributed by atoms with Crippen molar-refractivity contribution in [2.24, 2.45) is 0 Å². The zero-order valence-electron chi connectivity index (χ0n) is 12.8. The molecule has 0 bridgehead atoms. The molecule has 0 spiro atoms. The summed E-state index contributed by atoms with van der Waals surface area (Å²) in [6.45, 7) is 1.95. The van der Waals surface area contributed by atoms with Crippen molar-refractivity contribution in [2.45, 2.75) is 30.7 Å². The van der Waals surface area contributed by atoms with Gasteiger partial charge in [-0.2, -0.15) is 0 Å². The second-order valence-corrected chi connectivity index (χ2v) is 8.36. The maximum Gasteiger partial charge on any atom is 0.264 e. The summed E-state index contributed by atoms with van der Waals surface area (Å²) >= 11 is 3.53. The Hall–Kier alpha value is -1.59. The van der Waals surface area contributed by atoms with Gasteiger partial charge in [0.25, 0.3) is 10.0 Å². The van der Waals surface area contributed by atoms with Crippen molar-refractivity contribution in [3.63, 3.8) is 0 Å². The van der Waals surface area contributed by atoms with Crippen LogP contribution in [0.1, 0.15) is 18.4 Å². The molecule has 1 unspecified atom stereocenters. The summed E-state index contributed by atoms with van der Waals surface area (Å²) < 4.78 is 29.0. The predicted molar refractivity (Wildman–Crippen MR) is 97.3 cm³/mol. The van der Waals surface area contributed by atoms with Crippen LogP contribution in [0.15, 0.2) is 70.1 Å². The predicted octanol–water partition coefficient (Wildman–Crippen LogP) is 4.63. The van der Waals surface area contributed by atoms with Gasteiger partial charge in [0.1, 0.15) is 0 Å². The summed E-state index contributed by atoms with van der Waals surface area (Å²) in [6.07, 6.45) is 3.70. The molecule has 120 valence electrons. The van der Waals surface area contributed by atoms with E-state index >= 15 is 0 Å². The van der Waals surface area contributed by atoms with Crippen molar-refractivity contribution in [1.29, 1.82) is 0 Å². The summed E-state index contributed by atoms with van der Waals surface area (Å²) in [6, 6.07) is 16.1. The van der Waals surface area contributed by atoms with E-state index in [9.17, 15) is 8.42 Å². The van der Waals surface area contributed by atoms with E-state index in [1.165, 1.54) is 4.31 Å². The summed E-state index contributed by atoms with van der Waals surface area (Å²) in [7, 11) is -3.62. The molecule has 3 nitrogen and oxygen atoms in total. The SMILES string of the molecule is Cc1ccc(S(=O)(=O)N(c2ccccc2)C2CCC=C2Br)cc1. The topological polar surface area (TPSA) is 37.4 Å². The van der Waals surface area contributed by atoms with Crippen molar-refractivity contribution in [3.05, 3.63) is 70.7 Å². The van der Waals surface area contributed by atoms with Crippen molar-refractivity contribution < 1.29 is 8.42 Å². The average Bonchev–Trinajstić information content (AvgIpc) is 2.95. The first-order valence-corrected chi connectivity index (χ1v) is 9.75. The molecule has 5 heteroatoms. The number of halogens is 1. The Morgan fingerprint density at radius 2 is 1.70 bits per heavy atom. The van der Waals surface area contributed by atoms with E-state index in [-0.39, 0.29) is 6.04 Å². The average molecular weight is 392 g/mol. The van der Waals surface area contributed by atoms with E-state index in [2.05, 4.69) is 15.9 Å². The number of allylic oxidation sites excluding steroid dienone is 1. The van der Waals surface area contributed by atoms with Gasteiger partial charge in [0.2, 0.25) is 0 Å². The Morgan fingerprint density at radius 1 is 1.04 bits per heavy atom. The molecule has 0 fully saturated rings. The summed E-state index contributed by atoms with van der Waals surface area (Å²) in [5.74, 6) is 0. The molecule has 3 rings (SSSR count). The van der Waals surface area contributed by atoms with Crippen LogP contribution in [0.5, 0.6) is 0 Å². The van der Waals surface area contributed by atoms with Gasteiger partial charge in [0, 0.05) is 4.48 Å². The molecule has 2 aromatic carbocycles. The summed E-state index contributed by atoms with van der Waals surface area (Å²) in [5.41, 5.74) is 1.72. The molecule has 1 aliphatic rings. The van der Waals surface area contributed by atoms with Crippen molar-refractivity contribution in [3.8, 4) is 0 Å². The third-order valence-electron chi connectivity index (χ3n) is 3.97. The maximum atomic E-state index is 13.3. The zero-order valence-corrected chi connectivity index (χ0v) is 15.2. The smallest absolute Gasteiger partial charge is 0.258 e. The highest BCUT2D eigenvalue weighted by molar-refractivity contribution is 9.11. The summed E-state index contributed by atoms with van der Waals surface area (Å²) in [4.78, 5) is 0.319. The van der Waals surface area contributed by atoms with Crippen LogP contribution in [0.4, 0.5) is 5.69 Å². The lowest BCUT2D eigenvalue weighted by molar-refractivity contribution is 0.583. The second kappa shape index (κ2) is 6.49. The summed E-state index contributed by atoms with van der Waals surface area (Å²) in [5, 5.41) is 0. The van der Waals surface area contributed by atoms with Gasteiger partial charge in [0.15, 0.2) is 0 Å². The third-order valence-corrected chi connectivity index (χ3v) is 6.67. The Bertz CT molecular complexity index is 814. The molecule has 0 N–H and O–H groups in total. The number of anilines is 1. The number of para-hydroxylation sites is 1. The molecule has 2 aromatic rings. The molecule has 0 amide bonds. The van der Waals surface area contributed by atoms with Crippen LogP contribution in [-0.4, -0.2) is 14.5 Å². The van der Waals surface area contributed by atoms with E-state index in [0.29, 0.717) is 10.6 Å². The standard InChI is InChI=1S/C18H18BrNO2S/c1-14-10-12-16(13-11-14)23(21,22)20(15-6-3-2-4-7-15)18-9-5-8-17(18)19/h2-4,6-8,10-13,18H,5,9H2,1H3. The van der Waals surface area contributed by atoms with E-state index in [1.54, 1.807) is 12.1 Å². The minimum absolute atomic E-state index is 0.191. The lowest BCUT2D eigenvalue weighted by Gasteiger charge is -2.31. The third kappa shape index (κ3) is 3.21. The van der Waals surface area contributed by atoms with Crippen LogP contribution < -0.4 is 4.31 Å². The van der Waals surface area contributed by atoms with E-state index in [4.69, 9.17) is 0 Å². The van der Waals surface area contributed by atoms with Crippen LogP contribution in [0.2, 0.25) is 0 Å². The fourth-order valence-electron chi connectivity index (χ4n) is 2.77. The highest BCUT2D eigenvalue weighted by Crippen LogP contribution is 2.36. The molecule has 0 radical (unpaired) electrons. The molecule has 0 aromatic heterocycles. The Kier molecular flexibility index (Phi) is 4.60. The van der Waals surface area contributed by atoms with Crippen LogP contribution in [0.25, 0.3) is 0 Å². The zero-order chi connectivity index (χ0) is 16.4. The Morgan fingerprint density at radius 3 is 2.26 bits per heavy atom. The highest BCUT2D eigenvalue weighted by atomic mass is 79.9. The van der Waals surface area contributed by atoms with Crippen LogP contribution in [-0.2, 0) is 10.0 Å². The van der Waals surface area contributed by atoms with Crippen molar-refractivity contribution in [2.75, 3.05) is 4.31 Å². The van der Waals surface area contributed by atoms with Crippen molar-refractivity contribution in [1.82, 2.24) is 0 Å². The molecule has 23 heavy (non-hydrogen) atoms. The maximum absolute atomic E-state index is 13.3. The van der Waals surface area contributed by atoms with Crippen LogP contribution in [0, 0.1) is 6.92 Å². The molecule has 0 saturated heterocycles. The normalized spacial score (nSPS) is 17.8. The lowest BCUT2D eigenvalue weighted by atomic mass is 10.2. The van der Waals surface area contributed by atoms with E-state index in [1.807, 2.05) is 55.5 Å². The Labute approximate surface area is 145 Å². The molecule has 0 saturated carbocycles. The molecular formula is C18H18BrNO2S.